The smallest absolute Gasteiger partial charge is 0.330 e. The van der Waals surface area contributed by atoms with Crippen LogP contribution in [0.1, 0.15) is 19.4 Å². The van der Waals surface area contributed by atoms with Crippen molar-refractivity contribution in [2.45, 2.75) is 161 Å². The largest absolute Gasteiger partial charge is 0.508 e. The van der Waals surface area contributed by atoms with E-state index in [9.17, 15) is 91.3 Å². The van der Waals surface area contributed by atoms with Gasteiger partial charge >= 0.3 is 5.97 Å². The van der Waals surface area contributed by atoms with Gasteiger partial charge in [0.15, 0.2) is 42.2 Å². The summed E-state index contributed by atoms with van der Waals surface area (Å²) in [4.78, 5) is 27.6. The van der Waals surface area contributed by atoms with Crippen molar-refractivity contribution < 1.29 is 148 Å². The van der Waals surface area contributed by atoms with E-state index in [1.54, 1.807) is 0 Å². The predicted molar refractivity (Wildman–Crippen MR) is 277 cm³/mol. The van der Waals surface area contributed by atoms with Gasteiger partial charge in [0.25, 0.3) is 0 Å². The summed E-state index contributed by atoms with van der Waals surface area (Å²) in [6.07, 6.45) is -40.7. The third-order valence-corrected chi connectivity index (χ3v) is 14.9. The molecule has 0 bridgehead atoms. The average Bonchev–Trinajstić information content (AvgIpc) is 2.17. The number of methoxy groups -OCH3 is 1. The van der Waals surface area contributed by atoms with Gasteiger partial charge in [0, 0.05) is 23.8 Å². The van der Waals surface area contributed by atoms with Crippen LogP contribution in [0.4, 0.5) is 0 Å². The van der Waals surface area contributed by atoms with Crippen LogP contribution in [0.3, 0.4) is 0 Å². The van der Waals surface area contributed by atoms with Gasteiger partial charge in [-0.05, 0) is 61.9 Å². The topological polar surface area (TPSA) is 482 Å². The maximum absolute atomic E-state index is 14.6. The highest BCUT2D eigenvalue weighted by atomic mass is 16.8. The van der Waals surface area contributed by atoms with Crippen LogP contribution in [0.5, 0.6) is 34.5 Å². The van der Waals surface area contributed by atoms with E-state index in [0.717, 1.165) is 18.2 Å². The summed E-state index contributed by atoms with van der Waals surface area (Å²) in [5.41, 5.74) is -1.13. The van der Waals surface area contributed by atoms with E-state index in [2.05, 4.69) is 0 Å². The molecule has 0 amide bonds. The molecule has 5 fully saturated rings. The number of rotatable bonds is 17. The molecule has 5 aliphatic heterocycles. The Hall–Kier alpha value is -5.96. The highest BCUT2D eigenvalue weighted by Gasteiger charge is 2.55. The minimum absolute atomic E-state index is 0.00646. The van der Waals surface area contributed by atoms with Crippen molar-refractivity contribution in [1.29, 1.82) is 0 Å². The van der Waals surface area contributed by atoms with Gasteiger partial charge in [-0.15, -0.1) is 0 Å². The number of phenols is 3. The first-order valence-corrected chi connectivity index (χ1v) is 26.5. The number of benzene rings is 3. The molecule has 9 rings (SSSR count). The first kappa shape index (κ1) is 63.5. The first-order chi connectivity index (χ1) is 40.4. The maximum Gasteiger partial charge on any atom is 0.330 e. The third kappa shape index (κ3) is 13.3. The second-order valence-corrected chi connectivity index (χ2v) is 20.7. The fraction of sp³-hybridized carbons (Fsp3) is 0.556. The molecule has 85 heavy (non-hydrogen) atoms. The molecule has 0 unspecified atom stereocenters. The highest BCUT2D eigenvalue weighted by Crippen LogP contribution is 2.40. The molecule has 0 spiro atoms. The fourth-order valence-electron chi connectivity index (χ4n) is 9.99. The lowest BCUT2D eigenvalue weighted by atomic mass is 9.96. The van der Waals surface area contributed by atoms with Crippen LogP contribution < -0.4 is 19.6 Å². The van der Waals surface area contributed by atoms with Gasteiger partial charge in [-0.25, -0.2) is 4.79 Å². The van der Waals surface area contributed by atoms with Crippen molar-refractivity contribution in [2.24, 2.45) is 0 Å². The van der Waals surface area contributed by atoms with Crippen LogP contribution >= 0.6 is 0 Å². The number of carbonyl (C=O) groups excluding carboxylic acids is 1. The molecule has 4 aromatic rings. The number of fused-ring (bicyclic) bond motifs is 1. The molecule has 0 radical (unpaired) electrons. The average molecular weight is 1210 g/mol. The van der Waals surface area contributed by atoms with Crippen LogP contribution in [-0.4, -0.2) is 262 Å². The van der Waals surface area contributed by atoms with Crippen LogP contribution in [-0.2, 0) is 47.4 Å². The predicted octanol–water partition coefficient (Wildman–Crippen LogP) is -4.63. The van der Waals surface area contributed by atoms with Gasteiger partial charge in [-0.3, -0.25) is 4.79 Å². The summed E-state index contributed by atoms with van der Waals surface area (Å²) in [7, 11) is 1.31. The second-order valence-electron chi connectivity index (χ2n) is 20.7. The quantitative estimate of drug-likeness (QED) is 0.0349. The number of hydrogen-bond acceptors (Lipinski definition) is 31. The zero-order valence-corrected chi connectivity index (χ0v) is 45.1. The molecule has 24 atom stereocenters. The molecule has 16 N–H and O–H groups in total. The third-order valence-electron chi connectivity index (χ3n) is 14.9. The Labute approximate surface area is 480 Å². The summed E-state index contributed by atoms with van der Waals surface area (Å²) in [6.45, 7) is 0.521. The Balaban J connectivity index is 0.990. The van der Waals surface area contributed by atoms with E-state index in [0.29, 0.717) is 5.56 Å². The summed E-state index contributed by atoms with van der Waals surface area (Å²) in [5.74, 6) is -3.69. The molecule has 5 saturated heterocycles. The summed E-state index contributed by atoms with van der Waals surface area (Å²) in [6, 6.07) is 11.2. The monoisotopic (exact) mass is 1210 g/mol. The standard InChI is InChI=1S/C54H66O31/c1-18-33(60)39(66)44(71)51(76-18)81-30-17-75-50(43(70)37(30)64)78-23-8-6-21(7-9-23)46-47(38(65)32-25(58)13-22(56)14-27(32)79-46)83-53-48(41(68)34(61)19(2)77-53)85-54-49(84-52-45(72)40(67)35(62)28(15-55)80-52)42(69)36(63)29(82-54)16-74-31(59)11-5-20-4-10-24(57)26(12-20)73-3/h4-14,18-19,28-30,33-37,39-45,48-58,60-64,66-72H,15-17H2,1-3H3/t18-,19-,28+,29+,30+,33-,34-,35+,36+,37-,39+,40-,41+,42-,43+,44+,45+,48+,49+,50-,51-,52-,53-,54-/m0/s1. The summed E-state index contributed by atoms with van der Waals surface area (Å²) < 4.78 is 74.9. The Kier molecular flexibility index (Phi) is 19.9. The normalized spacial score (nSPS) is 38.0. The zero-order chi connectivity index (χ0) is 61.5. The number of aliphatic hydroxyl groups excluding tert-OH is 13. The number of esters is 1. The lowest BCUT2D eigenvalue weighted by molar-refractivity contribution is -0.388. The summed E-state index contributed by atoms with van der Waals surface area (Å²) >= 11 is 0. The van der Waals surface area contributed by atoms with Gasteiger partial charge in [-0.1, -0.05) is 6.07 Å². The molecular formula is C54H66O31. The van der Waals surface area contributed by atoms with Crippen molar-refractivity contribution in [2.75, 3.05) is 26.9 Å². The van der Waals surface area contributed by atoms with Crippen molar-refractivity contribution in [1.82, 2.24) is 0 Å². The van der Waals surface area contributed by atoms with Crippen molar-refractivity contribution in [3.8, 4) is 45.8 Å². The Bertz CT molecular complexity index is 3010. The van der Waals surface area contributed by atoms with Crippen molar-refractivity contribution in [3.05, 3.63) is 76.5 Å². The second kappa shape index (κ2) is 26.6. The minimum Gasteiger partial charge on any atom is -0.508 e. The summed E-state index contributed by atoms with van der Waals surface area (Å²) in [5, 5.41) is 172. The molecule has 31 nitrogen and oxygen atoms in total. The van der Waals surface area contributed by atoms with Crippen LogP contribution in [0.25, 0.3) is 28.4 Å². The zero-order valence-electron chi connectivity index (χ0n) is 45.1. The Morgan fingerprint density at radius 3 is 1.87 bits per heavy atom. The first-order valence-electron chi connectivity index (χ1n) is 26.5. The Morgan fingerprint density at radius 1 is 0.600 bits per heavy atom. The van der Waals surface area contributed by atoms with Gasteiger partial charge in [0.1, 0.15) is 132 Å². The van der Waals surface area contributed by atoms with E-state index in [1.165, 1.54) is 69.5 Å². The van der Waals surface area contributed by atoms with Crippen LogP contribution in [0.2, 0.25) is 0 Å². The number of aliphatic hydroxyl groups is 13. The molecular weight excluding hydrogens is 1140 g/mol. The van der Waals surface area contributed by atoms with E-state index < -0.39 is 207 Å². The van der Waals surface area contributed by atoms with Crippen LogP contribution in [0, 0.1) is 0 Å². The molecule has 5 aliphatic rings. The molecule has 3 aromatic carbocycles. The van der Waals surface area contributed by atoms with Gasteiger partial charge in [0.05, 0.1) is 32.5 Å². The number of aromatic hydroxyl groups is 3. The molecule has 468 valence electrons. The molecule has 0 aliphatic carbocycles. The number of hydrogen-bond donors (Lipinski definition) is 16. The van der Waals surface area contributed by atoms with E-state index in [1.807, 2.05) is 0 Å². The number of carbonyl (C=O) groups is 1. The van der Waals surface area contributed by atoms with E-state index >= 15 is 0 Å². The van der Waals surface area contributed by atoms with Gasteiger partial charge in [-0.2, -0.15) is 0 Å². The molecule has 6 heterocycles. The Morgan fingerprint density at radius 2 is 1.19 bits per heavy atom. The van der Waals surface area contributed by atoms with E-state index in [-0.39, 0.29) is 28.4 Å². The lowest BCUT2D eigenvalue weighted by Crippen LogP contribution is -2.67. The number of phenolic OH excluding ortho intramolecular Hbond substituents is 3. The fourth-order valence-corrected chi connectivity index (χ4v) is 9.99. The van der Waals surface area contributed by atoms with Gasteiger partial charge < -0.3 is 143 Å². The maximum atomic E-state index is 14.6. The highest BCUT2D eigenvalue weighted by molar-refractivity contribution is 5.88. The van der Waals surface area contributed by atoms with Crippen molar-refractivity contribution in [3.63, 3.8) is 0 Å². The lowest BCUT2D eigenvalue weighted by Gasteiger charge is -2.48. The molecule has 31 heteroatoms. The molecule has 1 aromatic heterocycles. The minimum atomic E-state index is -2.19. The SMILES string of the molecule is COc1cc(C=CC(=O)OC[C@H]2O[C@@H](O[C@H]3[C@H](Oc4c(-c5ccc(O[C@@H]6OC[C@@H](O[C@@H]7O[C@@H](C)[C@H](O)[C@@H](O)[C@H]7O)[C@H](O)[C@H]6O)cc5)oc5cc(O)cc(O)c5c4=O)O[C@@H](C)[C@H](O)[C@H]3O)[C@H](O[C@@H]3O[C@H](CO)[C@@H](O)[C@H](O)[C@H]3O)[C@@H](O)[C@@H]2O)ccc1O. The number of ether oxygens (including phenoxy) is 12. The van der Waals surface area contributed by atoms with E-state index in [4.69, 9.17) is 61.3 Å². The van der Waals surface area contributed by atoms with Crippen LogP contribution in [0.15, 0.2) is 69.9 Å². The molecule has 0 saturated carbocycles. The van der Waals surface area contributed by atoms with Crippen molar-refractivity contribution >= 4 is 23.0 Å². The van der Waals surface area contributed by atoms with Gasteiger partial charge in [0.2, 0.25) is 23.8 Å².